The first-order valence-electron chi connectivity index (χ1n) is 6.13. The Labute approximate surface area is 124 Å². The Kier molecular flexibility index (Phi) is 6.14. The minimum Gasteiger partial charge on any atom is -0.349 e. The molecule has 0 saturated carbocycles. The van der Waals surface area contributed by atoms with Gasteiger partial charge in [-0.1, -0.05) is 17.3 Å². The fraction of sp³-hybridized carbons (Fsp3) is 0.308. The third-order valence-electron chi connectivity index (χ3n) is 2.65. The Morgan fingerprint density at radius 2 is 2.15 bits per heavy atom. The number of carbonyl (C=O) groups is 1. The molecule has 1 amide bonds. The van der Waals surface area contributed by atoms with Gasteiger partial charge in [-0.15, -0.1) is 17.5 Å². The van der Waals surface area contributed by atoms with Gasteiger partial charge in [0.25, 0.3) is 5.91 Å². The molecule has 0 aliphatic rings. The number of aromatic nitrogens is 3. The standard InChI is InChI=1S/C13H17N5O.ClH/c1-10-4-3-5-11(8-10)18-9-12(16-17-18)13(19)15-7-6-14-2;/h3-5,8-9,14H,6-7H2,1-2H3,(H,15,19);1H. The summed E-state index contributed by atoms with van der Waals surface area (Å²) in [6, 6.07) is 7.85. The van der Waals surface area contributed by atoms with E-state index in [2.05, 4.69) is 20.9 Å². The summed E-state index contributed by atoms with van der Waals surface area (Å²) < 4.78 is 1.60. The third-order valence-corrected chi connectivity index (χ3v) is 2.65. The predicted octanol–water partition coefficient (Wildman–Crippen LogP) is 0.947. The van der Waals surface area contributed by atoms with Crippen molar-refractivity contribution in [3.8, 4) is 5.69 Å². The van der Waals surface area contributed by atoms with Gasteiger partial charge in [-0.25, -0.2) is 4.68 Å². The molecule has 0 unspecified atom stereocenters. The van der Waals surface area contributed by atoms with Crippen LogP contribution >= 0.6 is 12.4 Å². The van der Waals surface area contributed by atoms with E-state index in [1.807, 2.05) is 38.2 Å². The van der Waals surface area contributed by atoms with E-state index in [1.165, 1.54) is 0 Å². The Bertz CT molecular complexity index is 569. The summed E-state index contributed by atoms with van der Waals surface area (Å²) >= 11 is 0. The molecule has 0 radical (unpaired) electrons. The highest BCUT2D eigenvalue weighted by molar-refractivity contribution is 5.91. The van der Waals surface area contributed by atoms with E-state index in [0.29, 0.717) is 12.2 Å². The minimum atomic E-state index is -0.214. The van der Waals surface area contributed by atoms with Gasteiger partial charge in [-0.05, 0) is 31.7 Å². The van der Waals surface area contributed by atoms with Crippen LogP contribution in [0.25, 0.3) is 5.69 Å². The lowest BCUT2D eigenvalue weighted by Crippen LogP contribution is -2.30. The second-order valence-corrected chi connectivity index (χ2v) is 4.25. The van der Waals surface area contributed by atoms with E-state index in [1.54, 1.807) is 10.9 Å². The smallest absolute Gasteiger partial charge is 0.273 e. The molecule has 0 saturated heterocycles. The molecule has 1 heterocycles. The number of aryl methyl sites for hydroxylation is 1. The van der Waals surface area contributed by atoms with Gasteiger partial charge in [0.2, 0.25) is 0 Å². The maximum Gasteiger partial charge on any atom is 0.273 e. The molecule has 20 heavy (non-hydrogen) atoms. The summed E-state index contributed by atoms with van der Waals surface area (Å²) in [4.78, 5) is 11.8. The summed E-state index contributed by atoms with van der Waals surface area (Å²) in [5.74, 6) is -0.214. The molecule has 0 atom stereocenters. The molecule has 1 aromatic carbocycles. The lowest BCUT2D eigenvalue weighted by molar-refractivity contribution is 0.0949. The lowest BCUT2D eigenvalue weighted by Gasteiger charge is -2.01. The highest BCUT2D eigenvalue weighted by Gasteiger charge is 2.10. The number of benzene rings is 1. The Balaban J connectivity index is 0.00000200. The molecule has 0 aliphatic carbocycles. The molecule has 6 nitrogen and oxygen atoms in total. The van der Waals surface area contributed by atoms with Crippen molar-refractivity contribution in [2.24, 2.45) is 0 Å². The SMILES string of the molecule is CNCCNC(=O)c1cn(-c2cccc(C)c2)nn1.Cl. The average molecular weight is 296 g/mol. The number of likely N-dealkylation sites (N-methyl/N-ethyl adjacent to an activating group) is 1. The molecular weight excluding hydrogens is 278 g/mol. The van der Waals surface area contributed by atoms with Crippen molar-refractivity contribution in [1.29, 1.82) is 0 Å². The second kappa shape index (κ2) is 7.62. The third kappa shape index (κ3) is 4.04. The van der Waals surface area contributed by atoms with Gasteiger partial charge < -0.3 is 10.6 Å². The summed E-state index contributed by atoms with van der Waals surface area (Å²) in [7, 11) is 1.83. The topological polar surface area (TPSA) is 71.8 Å². The zero-order valence-corrected chi connectivity index (χ0v) is 12.3. The van der Waals surface area contributed by atoms with Gasteiger partial charge in [-0.3, -0.25) is 4.79 Å². The number of amides is 1. The van der Waals surface area contributed by atoms with Gasteiger partial charge in [-0.2, -0.15) is 0 Å². The molecule has 2 rings (SSSR count). The van der Waals surface area contributed by atoms with E-state index in [4.69, 9.17) is 0 Å². The summed E-state index contributed by atoms with van der Waals surface area (Å²) in [6.45, 7) is 3.29. The molecule has 0 bridgehead atoms. The lowest BCUT2D eigenvalue weighted by atomic mass is 10.2. The molecule has 2 aromatic rings. The Hall–Kier alpha value is -1.92. The molecule has 0 fully saturated rings. The van der Waals surface area contributed by atoms with Gasteiger partial charge in [0.1, 0.15) is 0 Å². The van der Waals surface area contributed by atoms with Gasteiger partial charge in [0, 0.05) is 13.1 Å². The van der Waals surface area contributed by atoms with Crippen molar-refractivity contribution in [2.45, 2.75) is 6.92 Å². The largest absolute Gasteiger partial charge is 0.349 e. The molecule has 108 valence electrons. The van der Waals surface area contributed by atoms with Crippen LogP contribution in [0, 0.1) is 6.92 Å². The Morgan fingerprint density at radius 3 is 2.85 bits per heavy atom. The fourth-order valence-corrected chi connectivity index (χ4v) is 1.66. The second-order valence-electron chi connectivity index (χ2n) is 4.25. The minimum absolute atomic E-state index is 0. The molecular formula is C13H18ClN5O. The Morgan fingerprint density at radius 1 is 1.35 bits per heavy atom. The zero-order chi connectivity index (χ0) is 13.7. The maximum atomic E-state index is 11.8. The number of hydrogen-bond donors (Lipinski definition) is 2. The van der Waals surface area contributed by atoms with Crippen molar-refractivity contribution in [1.82, 2.24) is 25.6 Å². The molecule has 2 N–H and O–H groups in total. The van der Waals surface area contributed by atoms with Crippen LogP contribution in [0.4, 0.5) is 0 Å². The van der Waals surface area contributed by atoms with Crippen LogP contribution < -0.4 is 10.6 Å². The van der Waals surface area contributed by atoms with Crippen LogP contribution in [0.2, 0.25) is 0 Å². The number of rotatable bonds is 5. The number of nitrogens with one attached hydrogen (secondary N) is 2. The fourth-order valence-electron chi connectivity index (χ4n) is 1.66. The highest BCUT2D eigenvalue weighted by atomic mass is 35.5. The zero-order valence-electron chi connectivity index (χ0n) is 11.5. The predicted molar refractivity (Wildman–Crippen MR) is 79.6 cm³/mol. The first kappa shape index (κ1) is 16.1. The van der Waals surface area contributed by atoms with Crippen molar-refractivity contribution >= 4 is 18.3 Å². The van der Waals surface area contributed by atoms with E-state index < -0.39 is 0 Å². The van der Waals surface area contributed by atoms with Crippen LogP contribution in [-0.4, -0.2) is 41.0 Å². The number of nitrogens with zero attached hydrogens (tertiary/aromatic N) is 3. The van der Waals surface area contributed by atoms with Crippen LogP contribution in [0.15, 0.2) is 30.5 Å². The highest BCUT2D eigenvalue weighted by Crippen LogP contribution is 2.08. The maximum absolute atomic E-state index is 11.8. The van der Waals surface area contributed by atoms with Crippen LogP contribution in [0.5, 0.6) is 0 Å². The number of carbonyl (C=O) groups excluding carboxylic acids is 1. The van der Waals surface area contributed by atoms with Crippen molar-refractivity contribution in [2.75, 3.05) is 20.1 Å². The summed E-state index contributed by atoms with van der Waals surface area (Å²) in [6.07, 6.45) is 1.63. The first-order valence-corrected chi connectivity index (χ1v) is 6.13. The van der Waals surface area contributed by atoms with Crippen molar-refractivity contribution < 1.29 is 4.79 Å². The average Bonchev–Trinajstić information content (AvgIpc) is 2.88. The normalized spacial score (nSPS) is 9.90. The van der Waals surface area contributed by atoms with Gasteiger partial charge in [0.05, 0.1) is 11.9 Å². The number of halogens is 1. The molecule has 0 aliphatic heterocycles. The molecule has 7 heteroatoms. The first-order chi connectivity index (χ1) is 9.20. The summed E-state index contributed by atoms with van der Waals surface area (Å²) in [5, 5.41) is 13.6. The van der Waals surface area contributed by atoms with E-state index >= 15 is 0 Å². The number of hydrogen-bond acceptors (Lipinski definition) is 4. The van der Waals surface area contributed by atoms with Crippen molar-refractivity contribution in [3.63, 3.8) is 0 Å². The van der Waals surface area contributed by atoms with Crippen LogP contribution in [-0.2, 0) is 0 Å². The van der Waals surface area contributed by atoms with Crippen molar-refractivity contribution in [3.05, 3.63) is 41.7 Å². The van der Waals surface area contributed by atoms with Crippen LogP contribution in [0.1, 0.15) is 16.1 Å². The quantitative estimate of drug-likeness (QED) is 0.806. The van der Waals surface area contributed by atoms with Gasteiger partial charge in [0.15, 0.2) is 5.69 Å². The summed E-state index contributed by atoms with van der Waals surface area (Å²) in [5.41, 5.74) is 2.34. The van der Waals surface area contributed by atoms with Crippen LogP contribution in [0.3, 0.4) is 0 Å². The van der Waals surface area contributed by atoms with E-state index in [9.17, 15) is 4.79 Å². The molecule has 1 aromatic heterocycles. The monoisotopic (exact) mass is 295 g/mol. The van der Waals surface area contributed by atoms with E-state index in [-0.39, 0.29) is 18.3 Å². The van der Waals surface area contributed by atoms with E-state index in [0.717, 1.165) is 17.8 Å². The van der Waals surface area contributed by atoms with Gasteiger partial charge >= 0.3 is 0 Å². The molecule has 0 spiro atoms.